The molecule has 0 unspecified atom stereocenters. The van der Waals surface area contributed by atoms with E-state index < -0.39 is 0 Å². The predicted octanol–water partition coefficient (Wildman–Crippen LogP) is 11.6. The quantitative estimate of drug-likeness (QED) is 0.197. The van der Waals surface area contributed by atoms with E-state index in [0.29, 0.717) is 11.8 Å². The molecular weight excluding hydrogens is 595 g/mol. The Morgan fingerprint density at radius 2 is 1.09 bits per heavy atom. The van der Waals surface area contributed by atoms with Gasteiger partial charge >= 0.3 is 0 Å². The highest BCUT2D eigenvalue weighted by atomic mass is 32.2. The first kappa shape index (κ1) is 25.0. The van der Waals surface area contributed by atoms with Crippen molar-refractivity contribution in [1.82, 2.24) is 9.97 Å². The van der Waals surface area contributed by atoms with Gasteiger partial charge in [0.05, 0.1) is 11.4 Å². The van der Waals surface area contributed by atoms with E-state index in [2.05, 4.69) is 83.8 Å². The normalized spacial score (nSPS) is 12.8. The third-order valence-corrected chi connectivity index (χ3v) is 10.6. The molecule has 6 aromatic carbocycles. The van der Waals surface area contributed by atoms with Crippen LogP contribution in [0, 0.1) is 0 Å². The molecule has 0 atom stereocenters. The summed E-state index contributed by atoms with van der Waals surface area (Å²) < 4.78 is 14.9. The number of thiophene rings is 1. The summed E-state index contributed by atoms with van der Waals surface area (Å²) in [5.74, 6) is 1.23. The summed E-state index contributed by atoms with van der Waals surface area (Å²) in [6, 6.07) is 44.1. The molecular formula is C38H21N3O2S2. The van der Waals surface area contributed by atoms with Gasteiger partial charge in [-0.15, -0.1) is 11.3 Å². The number of hydrogen-bond acceptors (Lipinski definition) is 7. The van der Waals surface area contributed by atoms with Crippen LogP contribution in [0.5, 0.6) is 0 Å². The number of nitrogens with zero attached hydrogens (tertiary/aromatic N) is 3. The highest BCUT2D eigenvalue weighted by Crippen LogP contribution is 2.53. The number of benzene rings is 6. The molecule has 1 aliphatic heterocycles. The Morgan fingerprint density at radius 3 is 1.73 bits per heavy atom. The van der Waals surface area contributed by atoms with Gasteiger partial charge in [-0.25, -0.2) is 9.97 Å². The minimum Gasteiger partial charge on any atom is -0.436 e. The zero-order valence-electron chi connectivity index (χ0n) is 23.6. The smallest absolute Gasteiger partial charge is 0.227 e. The fourth-order valence-electron chi connectivity index (χ4n) is 6.20. The molecule has 5 nitrogen and oxygen atoms in total. The molecule has 0 fully saturated rings. The minimum absolute atomic E-state index is 0.615. The van der Waals surface area contributed by atoms with Crippen LogP contribution < -0.4 is 4.90 Å². The number of hydrogen-bond donors (Lipinski definition) is 0. The van der Waals surface area contributed by atoms with Crippen molar-refractivity contribution in [3.63, 3.8) is 0 Å². The molecule has 3 aromatic heterocycles. The number of oxazole rings is 2. The molecule has 7 heteroatoms. The van der Waals surface area contributed by atoms with Crippen molar-refractivity contribution >= 4 is 82.5 Å². The van der Waals surface area contributed by atoms with Crippen molar-refractivity contribution < 1.29 is 8.83 Å². The van der Waals surface area contributed by atoms with Gasteiger partial charge in [-0.2, -0.15) is 0 Å². The Kier molecular flexibility index (Phi) is 5.31. The molecule has 0 spiro atoms. The van der Waals surface area contributed by atoms with E-state index in [0.717, 1.165) is 60.2 Å². The molecule has 10 rings (SSSR count). The summed E-state index contributed by atoms with van der Waals surface area (Å²) in [6.07, 6.45) is 0. The van der Waals surface area contributed by atoms with E-state index >= 15 is 0 Å². The summed E-state index contributed by atoms with van der Waals surface area (Å²) in [5.41, 5.74) is 8.49. The lowest BCUT2D eigenvalue weighted by Gasteiger charge is -2.33. The molecule has 0 saturated carbocycles. The topological polar surface area (TPSA) is 55.3 Å². The summed E-state index contributed by atoms with van der Waals surface area (Å²) in [5, 5.41) is 2.58. The monoisotopic (exact) mass is 615 g/mol. The van der Waals surface area contributed by atoms with E-state index in [-0.39, 0.29) is 0 Å². The van der Waals surface area contributed by atoms with Crippen LogP contribution in [0.3, 0.4) is 0 Å². The maximum absolute atomic E-state index is 6.16. The molecule has 0 bridgehead atoms. The number of aromatic nitrogens is 2. The summed E-state index contributed by atoms with van der Waals surface area (Å²) in [4.78, 5) is 14.1. The first-order valence-corrected chi connectivity index (χ1v) is 16.3. The SMILES string of the molecule is c1ccc2oc(-c3ccc4c(c3)Sc3cc(-c5nc6ccccc6o5)ccc3N4c3ccc4c(c3)sc3ccccc34)nc2c1. The molecule has 0 saturated heterocycles. The Hall–Kier alpha value is -5.37. The van der Waals surface area contributed by atoms with E-state index in [9.17, 15) is 0 Å². The third-order valence-electron chi connectivity index (χ3n) is 8.32. The van der Waals surface area contributed by atoms with Crippen LogP contribution >= 0.6 is 23.1 Å². The van der Waals surface area contributed by atoms with Gasteiger partial charge in [0.1, 0.15) is 11.0 Å². The molecule has 212 valence electrons. The Labute approximate surface area is 265 Å². The van der Waals surface area contributed by atoms with Crippen molar-refractivity contribution in [2.45, 2.75) is 9.79 Å². The second-order valence-electron chi connectivity index (χ2n) is 11.1. The highest BCUT2D eigenvalue weighted by Gasteiger charge is 2.27. The zero-order chi connectivity index (χ0) is 29.5. The molecule has 1 aliphatic rings. The van der Waals surface area contributed by atoms with Crippen molar-refractivity contribution in [3.8, 4) is 22.9 Å². The molecule has 0 radical (unpaired) electrons. The van der Waals surface area contributed by atoms with Gasteiger partial charge in [-0.05, 0) is 78.9 Å². The fourth-order valence-corrected chi connectivity index (χ4v) is 8.47. The first-order valence-electron chi connectivity index (χ1n) is 14.6. The largest absolute Gasteiger partial charge is 0.436 e. The van der Waals surface area contributed by atoms with Crippen LogP contribution in [0.1, 0.15) is 0 Å². The van der Waals surface area contributed by atoms with Gasteiger partial charge in [0.15, 0.2) is 11.2 Å². The lowest BCUT2D eigenvalue weighted by molar-refractivity contribution is 0.619. The maximum Gasteiger partial charge on any atom is 0.227 e. The van der Waals surface area contributed by atoms with Gasteiger partial charge in [-0.1, -0.05) is 60.3 Å². The summed E-state index contributed by atoms with van der Waals surface area (Å²) in [6.45, 7) is 0. The average molecular weight is 616 g/mol. The van der Waals surface area contributed by atoms with Crippen LogP contribution in [-0.4, -0.2) is 9.97 Å². The molecule has 0 N–H and O–H groups in total. The second kappa shape index (κ2) is 9.56. The van der Waals surface area contributed by atoms with E-state index in [1.165, 1.54) is 20.2 Å². The average Bonchev–Trinajstić information content (AvgIpc) is 3.81. The van der Waals surface area contributed by atoms with E-state index in [1.54, 1.807) is 11.8 Å². The predicted molar refractivity (Wildman–Crippen MR) is 184 cm³/mol. The second-order valence-corrected chi connectivity index (χ2v) is 13.2. The minimum atomic E-state index is 0.615. The van der Waals surface area contributed by atoms with Gasteiger partial charge in [0, 0.05) is 46.8 Å². The molecule has 0 aliphatic carbocycles. The first-order chi connectivity index (χ1) is 22.2. The highest BCUT2D eigenvalue weighted by molar-refractivity contribution is 7.99. The number of anilines is 3. The van der Waals surface area contributed by atoms with Gasteiger partial charge in [0.2, 0.25) is 11.8 Å². The van der Waals surface area contributed by atoms with Crippen molar-refractivity contribution in [2.24, 2.45) is 0 Å². The molecule has 45 heavy (non-hydrogen) atoms. The fraction of sp³-hybridized carbons (Fsp3) is 0. The molecule has 4 heterocycles. The lowest BCUT2D eigenvalue weighted by Crippen LogP contribution is -2.15. The third kappa shape index (κ3) is 3.94. The van der Waals surface area contributed by atoms with Crippen LogP contribution in [0.25, 0.3) is 65.3 Å². The van der Waals surface area contributed by atoms with Crippen molar-refractivity contribution in [2.75, 3.05) is 4.90 Å². The van der Waals surface area contributed by atoms with E-state index in [4.69, 9.17) is 18.8 Å². The van der Waals surface area contributed by atoms with Gasteiger partial charge < -0.3 is 13.7 Å². The number of para-hydroxylation sites is 4. The van der Waals surface area contributed by atoms with Crippen LogP contribution in [0.15, 0.2) is 146 Å². The van der Waals surface area contributed by atoms with Crippen molar-refractivity contribution in [1.29, 1.82) is 0 Å². The van der Waals surface area contributed by atoms with Crippen molar-refractivity contribution in [3.05, 3.63) is 127 Å². The van der Waals surface area contributed by atoms with Gasteiger partial charge in [0.25, 0.3) is 0 Å². The maximum atomic E-state index is 6.16. The van der Waals surface area contributed by atoms with Crippen LogP contribution in [0.2, 0.25) is 0 Å². The Morgan fingerprint density at radius 1 is 0.511 bits per heavy atom. The van der Waals surface area contributed by atoms with Gasteiger partial charge in [-0.3, -0.25) is 0 Å². The summed E-state index contributed by atoms with van der Waals surface area (Å²) in [7, 11) is 0. The standard InChI is InChI=1S/C38H21N3O2S2/c1-6-12-33-25(7-1)26-16-15-24(21-34(26)44-33)41-29-17-13-22(37-39-27-8-2-4-10-31(27)42-37)19-35(29)45-36-20-23(14-18-30(36)41)38-40-28-9-3-5-11-32(28)43-38/h1-21H. The molecule has 0 amide bonds. The van der Waals surface area contributed by atoms with Crippen LogP contribution in [-0.2, 0) is 0 Å². The summed E-state index contributed by atoms with van der Waals surface area (Å²) >= 11 is 3.57. The Balaban J connectivity index is 1.15. The van der Waals surface area contributed by atoms with E-state index in [1.807, 2.05) is 59.9 Å². The lowest BCUT2D eigenvalue weighted by atomic mass is 10.1. The number of rotatable bonds is 3. The van der Waals surface area contributed by atoms with Crippen LogP contribution in [0.4, 0.5) is 17.1 Å². The zero-order valence-corrected chi connectivity index (χ0v) is 25.2. The Bertz CT molecular complexity index is 2420. The number of fused-ring (bicyclic) bond motifs is 7. The molecule has 9 aromatic rings.